The van der Waals surface area contributed by atoms with Crippen LogP contribution < -0.4 is 4.74 Å². The summed E-state index contributed by atoms with van der Waals surface area (Å²) >= 11 is 0. The first-order valence-electron chi connectivity index (χ1n) is 8.68. The van der Waals surface area contributed by atoms with Crippen LogP contribution in [0.1, 0.15) is 37.9 Å². The van der Waals surface area contributed by atoms with E-state index < -0.39 is 12.7 Å². The van der Waals surface area contributed by atoms with E-state index in [9.17, 15) is 18.0 Å². The summed E-state index contributed by atoms with van der Waals surface area (Å²) in [5, 5.41) is 3.70. The van der Waals surface area contributed by atoms with Crippen molar-refractivity contribution in [1.82, 2.24) is 9.78 Å². The predicted octanol–water partition coefficient (Wildman–Crippen LogP) is 4.33. The monoisotopic (exact) mass is 384 g/mol. The number of hydrogen-bond acceptors (Lipinski definition) is 4. The van der Waals surface area contributed by atoms with E-state index in [-0.39, 0.29) is 24.4 Å². The highest BCUT2D eigenvalue weighted by molar-refractivity contribution is 5.73. The Morgan fingerprint density at radius 3 is 2.59 bits per heavy atom. The topological polar surface area (TPSA) is 53.4 Å². The van der Waals surface area contributed by atoms with Crippen molar-refractivity contribution in [2.75, 3.05) is 6.61 Å². The maximum absolute atomic E-state index is 12.6. The molecule has 0 aliphatic heterocycles. The molecule has 0 amide bonds. The number of para-hydroxylation sites is 1. The zero-order valence-electron chi connectivity index (χ0n) is 15.5. The van der Waals surface area contributed by atoms with Gasteiger partial charge in [0.15, 0.2) is 0 Å². The zero-order valence-corrected chi connectivity index (χ0v) is 15.5. The molecule has 0 aliphatic rings. The average molecular weight is 384 g/mol. The van der Waals surface area contributed by atoms with Crippen LogP contribution >= 0.6 is 0 Å². The molecule has 0 bridgehead atoms. The molecule has 2 unspecified atom stereocenters. The fraction of sp³-hybridized carbons (Fsp3) is 0.474. The van der Waals surface area contributed by atoms with Gasteiger partial charge in [0.1, 0.15) is 18.9 Å². The molecule has 0 aliphatic carbocycles. The van der Waals surface area contributed by atoms with Gasteiger partial charge in [-0.15, -0.1) is 0 Å². The van der Waals surface area contributed by atoms with Crippen LogP contribution in [0.3, 0.4) is 0 Å². The molecular weight excluding hydrogens is 361 g/mol. The molecule has 5 nitrogen and oxygen atoms in total. The average Bonchev–Trinajstić information content (AvgIpc) is 3.04. The van der Waals surface area contributed by atoms with E-state index in [1.807, 2.05) is 19.1 Å². The molecular formula is C19H23F3N2O3. The van der Waals surface area contributed by atoms with Gasteiger partial charge in [-0.3, -0.25) is 9.48 Å². The highest BCUT2D eigenvalue weighted by atomic mass is 19.4. The fourth-order valence-corrected chi connectivity index (χ4v) is 2.68. The smallest absolute Gasteiger partial charge is 0.408 e. The number of alkyl halides is 3. The lowest BCUT2D eigenvalue weighted by Gasteiger charge is -2.21. The standard InChI is InChI=1S/C19H23F3N2O3/c1-4-26-18(25)14(3)13(2)16-7-5-6-8-17(16)27-11-15-9-10-23-24(15)12-19(20,21)22/h5-10,13-14H,4,11-12H2,1-3H3. The molecule has 27 heavy (non-hydrogen) atoms. The Balaban J connectivity index is 2.13. The van der Waals surface area contributed by atoms with Crippen molar-refractivity contribution in [2.24, 2.45) is 5.92 Å². The van der Waals surface area contributed by atoms with Crippen molar-refractivity contribution in [3.8, 4) is 5.75 Å². The number of hydrogen-bond donors (Lipinski definition) is 0. The molecule has 0 spiro atoms. The van der Waals surface area contributed by atoms with Crippen molar-refractivity contribution in [3.05, 3.63) is 47.8 Å². The van der Waals surface area contributed by atoms with Crippen molar-refractivity contribution in [1.29, 1.82) is 0 Å². The van der Waals surface area contributed by atoms with Crippen LogP contribution in [0.2, 0.25) is 0 Å². The van der Waals surface area contributed by atoms with E-state index in [0.29, 0.717) is 18.1 Å². The van der Waals surface area contributed by atoms with E-state index in [2.05, 4.69) is 5.10 Å². The first-order chi connectivity index (χ1) is 12.7. The summed E-state index contributed by atoms with van der Waals surface area (Å²) in [6, 6.07) is 8.65. The number of aromatic nitrogens is 2. The fourth-order valence-electron chi connectivity index (χ4n) is 2.68. The minimum atomic E-state index is -4.36. The lowest BCUT2D eigenvalue weighted by molar-refractivity contribution is -0.148. The second kappa shape index (κ2) is 8.92. The van der Waals surface area contributed by atoms with Crippen LogP contribution in [0.4, 0.5) is 13.2 Å². The molecule has 8 heteroatoms. The first-order valence-corrected chi connectivity index (χ1v) is 8.68. The molecule has 0 N–H and O–H groups in total. The van der Waals surface area contributed by atoms with Gasteiger partial charge in [-0.1, -0.05) is 32.0 Å². The largest absolute Gasteiger partial charge is 0.487 e. The second-order valence-electron chi connectivity index (χ2n) is 6.25. The van der Waals surface area contributed by atoms with Crippen molar-refractivity contribution >= 4 is 5.97 Å². The van der Waals surface area contributed by atoms with Crippen LogP contribution in [0.15, 0.2) is 36.5 Å². The van der Waals surface area contributed by atoms with Gasteiger partial charge in [-0.05, 0) is 30.5 Å². The van der Waals surface area contributed by atoms with Gasteiger partial charge in [-0.2, -0.15) is 18.3 Å². The number of ether oxygens (including phenoxy) is 2. The molecule has 2 aromatic rings. The van der Waals surface area contributed by atoms with Crippen LogP contribution in [-0.4, -0.2) is 28.5 Å². The summed E-state index contributed by atoms with van der Waals surface area (Å²) < 4.78 is 49.5. The third-order valence-electron chi connectivity index (χ3n) is 4.33. The Bertz CT molecular complexity index is 759. The Labute approximate surface area is 156 Å². The maximum atomic E-state index is 12.6. The number of carbonyl (C=O) groups excluding carboxylic acids is 1. The van der Waals surface area contributed by atoms with Gasteiger partial charge in [0.25, 0.3) is 0 Å². The molecule has 0 radical (unpaired) electrons. The third-order valence-corrected chi connectivity index (χ3v) is 4.33. The summed E-state index contributed by atoms with van der Waals surface area (Å²) in [4.78, 5) is 12.0. The first kappa shape index (κ1) is 20.8. The van der Waals surface area contributed by atoms with Gasteiger partial charge in [-0.25, -0.2) is 0 Å². The van der Waals surface area contributed by atoms with Gasteiger partial charge in [0.05, 0.1) is 18.2 Å². The molecule has 1 heterocycles. The molecule has 1 aromatic heterocycles. The van der Waals surface area contributed by atoms with Crippen molar-refractivity contribution in [2.45, 2.75) is 46.0 Å². The van der Waals surface area contributed by atoms with E-state index >= 15 is 0 Å². The Morgan fingerprint density at radius 1 is 1.22 bits per heavy atom. The summed E-state index contributed by atoms with van der Waals surface area (Å²) in [5.74, 6) is -0.352. The summed E-state index contributed by atoms with van der Waals surface area (Å²) in [6.45, 7) is 4.48. The molecule has 0 saturated heterocycles. The summed E-state index contributed by atoms with van der Waals surface area (Å²) in [5.41, 5.74) is 1.10. The molecule has 2 rings (SSSR count). The minimum absolute atomic E-state index is 0.0619. The van der Waals surface area contributed by atoms with Crippen molar-refractivity contribution in [3.63, 3.8) is 0 Å². The molecule has 2 atom stereocenters. The number of nitrogens with zero attached hydrogens (tertiary/aromatic N) is 2. The predicted molar refractivity (Wildman–Crippen MR) is 93.3 cm³/mol. The number of esters is 1. The third kappa shape index (κ3) is 5.74. The van der Waals surface area contributed by atoms with Gasteiger partial charge in [0, 0.05) is 6.20 Å². The van der Waals surface area contributed by atoms with E-state index in [0.717, 1.165) is 10.2 Å². The normalized spacial score (nSPS) is 13.9. The van der Waals surface area contributed by atoms with Gasteiger partial charge in [0.2, 0.25) is 0 Å². The Kier molecular flexibility index (Phi) is 6.87. The van der Waals surface area contributed by atoms with Gasteiger partial charge >= 0.3 is 12.1 Å². The maximum Gasteiger partial charge on any atom is 0.408 e. The molecule has 0 fully saturated rings. The number of halogens is 3. The van der Waals surface area contributed by atoms with Crippen LogP contribution in [0.25, 0.3) is 0 Å². The Hall–Kier alpha value is -2.51. The molecule has 1 aromatic carbocycles. The number of rotatable bonds is 8. The lowest BCUT2D eigenvalue weighted by Crippen LogP contribution is -2.21. The summed E-state index contributed by atoms with van der Waals surface area (Å²) in [7, 11) is 0. The SMILES string of the molecule is CCOC(=O)C(C)C(C)c1ccccc1OCc1ccnn1CC(F)(F)F. The Morgan fingerprint density at radius 2 is 1.93 bits per heavy atom. The van der Waals surface area contributed by atoms with E-state index in [4.69, 9.17) is 9.47 Å². The van der Waals surface area contributed by atoms with Gasteiger partial charge < -0.3 is 9.47 Å². The van der Waals surface area contributed by atoms with Crippen LogP contribution in [0.5, 0.6) is 5.75 Å². The van der Waals surface area contributed by atoms with Crippen LogP contribution in [-0.2, 0) is 22.7 Å². The lowest BCUT2D eigenvalue weighted by atomic mass is 9.88. The minimum Gasteiger partial charge on any atom is -0.487 e. The highest BCUT2D eigenvalue weighted by Gasteiger charge is 2.29. The van der Waals surface area contributed by atoms with Crippen LogP contribution in [0, 0.1) is 5.92 Å². The quantitative estimate of drug-likeness (QED) is 0.636. The number of carbonyl (C=O) groups is 1. The summed E-state index contributed by atoms with van der Waals surface area (Å²) in [6.07, 6.45) is -3.05. The molecule has 0 saturated carbocycles. The van der Waals surface area contributed by atoms with E-state index in [1.165, 1.54) is 12.3 Å². The number of benzene rings is 1. The van der Waals surface area contributed by atoms with Crippen molar-refractivity contribution < 1.29 is 27.4 Å². The zero-order chi connectivity index (χ0) is 20.0. The van der Waals surface area contributed by atoms with E-state index in [1.54, 1.807) is 26.0 Å². The highest BCUT2D eigenvalue weighted by Crippen LogP contribution is 2.32. The molecule has 148 valence electrons. The second-order valence-corrected chi connectivity index (χ2v) is 6.25.